The third kappa shape index (κ3) is 6.10. The fourth-order valence-corrected chi connectivity index (χ4v) is 3.81. The van der Waals surface area contributed by atoms with E-state index in [1.165, 1.54) is 59.9 Å². The van der Waals surface area contributed by atoms with Crippen molar-refractivity contribution < 1.29 is 0 Å². The van der Waals surface area contributed by atoms with Crippen molar-refractivity contribution in [2.24, 2.45) is 0 Å². The molecule has 0 bridgehead atoms. The van der Waals surface area contributed by atoms with Crippen molar-refractivity contribution in [3.05, 3.63) is 106 Å². The Labute approximate surface area is 165 Å². The molecule has 0 radical (unpaired) electrons. The van der Waals surface area contributed by atoms with Gasteiger partial charge in [-0.05, 0) is 60.4 Å². The molecule has 0 saturated carbocycles. The van der Waals surface area contributed by atoms with Crippen LogP contribution in [0.15, 0.2) is 72.8 Å². The topological polar surface area (TPSA) is 0 Å². The van der Waals surface area contributed by atoms with E-state index in [0.29, 0.717) is 0 Å². The molecule has 0 spiro atoms. The Balaban J connectivity index is 1.79. The quantitative estimate of drug-likeness (QED) is 0.353. The van der Waals surface area contributed by atoms with Crippen LogP contribution in [0.5, 0.6) is 0 Å². The van der Waals surface area contributed by atoms with E-state index in [2.05, 4.69) is 86.6 Å². The van der Waals surface area contributed by atoms with Crippen molar-refractivity contribution in [2.75, 3.05) is 0 Å². The van der Waals surface area contributed by atoms with Crippen LogP contribution >= 0.6 is 0 Å². The average Bonchev–Trinajstić information content (AvgIpc) is 2.68. The number of hydrogen-bond donors (Lipinski definition) is 0. The zero-order valence-electron chi connectivity index (χ0n) is 16.9. The number of aryl methyl sites for hydroxylation is 2. The maximum atomic E-state index is 2.46. The SMILES string of the molecule is CCCCCCc1cc(Cc2cccc(C)c2)ccc1Cc1ccccc1. The van der Waals surface area contributed by atoms with Crippen LogP contribution in [0.1, 0.15) is 66.0 Å². The lowest BCUT2D eigenvalue weighted by Gasteiger charge is -2.13. The molecule has 0 heteroatoms. The van der Waals surface area contributed by atoms with Crippen LogP contribution in [-0.4, -0.2) is 0 Å². The molecule has 27 heavy (non-hydrogen) atoms. The van der Waals surface area contributed by atoms with Crippen molar-refractivity contribution in [1.82, 2.24) is 0 Å². The molecule has 0 atom stereocenters. The Bertz CT molecular complexity index is 830. The second-order valence-electron chi connectivity index (χ2n) is 7.74. The van der Waals surface area contributed by atoms with Crippen LogP contribution in [0.4, 0.5) is 0 Å². The Morgan fingerprint density at radius 1 is 0.593 bits per heavy atom. The van der Waals surface area contributed by atoms with E-state index in [9.17, 15) is 0 Å². The van der Waals surface area contributed by atoms with Crippen LogP contribution in [0.2, 0.25) is 0 Å². The zero-order valence-corrected chi connectivity index (χ0v) is 16.9. The Kier molecular flexibility index (Phi) is 7.27. The first-order chi connectivity index (χ1) is 13.2. The summed E-state index contributed by atoms with van der Waals surface area (Å²) < 4.78 is 0. The summed E-state index contributed by atoms with van der Waals surface area (Å²) >= 11 is 0. The zero-order chi connectivity index (χ0) is 18.9. The third-order valence-electron chi connectivity index (χ3n) is 5.30. The Morgan fingerprint density at radius 3 is 2.15 bits per heavy atom. The molecule has 0 aliphatic rings. The molecule has 3 rings (SSSR count). The van der Waals surface area contributed by atoms with Gasteiger partial charge in [-0.2, -0.15) is 0 Å². The summed E-state index contributed by atoms with van der Waals surface area (Å²) in [5.74, 6) is 0. The normalized spacial score (nSPS) is 10.9. The van der Waals surface area contributed by atoms with Crippen molar-refractivity contribution in [3.8, 4) is 0 Å². The second-order valence-corrected chi connectivity index (χ2v) is 7.74. The molecule has 3 aromatic rings. The largest absolute Gasteiger partial charge is 0.0654 e. The predicted molar refractivity (Wildman–Crippen MR) is 118 cm³/mol. The van der Waals surface area contributed by atoms with Crippen molar-refractivity contribution in [2.45, 2.75) is 58.8 Å². The summed E-state index contributed by atoms with van der Waals surface area (Å²) in [6, 6.07) is 26.9. The minimum absolute atomic E-state index is 1.02. The molecule has 0 aliphatic carbocycles. The number of unbranched alkanes of at least 4 members (excludes halogenated alkanes) is 3. The molecule has 0 heterocycles. The number of benzene rings is 3. The fourth-order valence-electron chi connectivity index (χ4n) is 3.81. The predicted octanol–water partition coefficient (Wildman–Crippen LogP) is 7.30. The van der Waals surface area contributed by atoms with E-state index in [4.69, 9.17) is 0 Å². The highest BCUT2D eigenvalue weighted by Gasteiger charge is 2.07. The molecule has 3 aromatic carbocycles. The first-order valence-electron chi connectivity index (χ1n) is 10.4. The molecule has 0 saturated heterocycles. The maximum Gasteiger partial charge on any atom is -0.00230 e. The van der Waals surface area contributed by atoms with Gasteiger partial charge in [0.2, 0.25) is 0 Å². The highest BCUT2D eigenvalue weighted by molar-refractivity contribution is 5.38. The van der Waals surface area contributed by atoms with E-state index in [1.807, 2.05) is 0 Å². The summed E-state index contributed by atoms with van der Waals surface area (Å²) in [7, 11) is 0. The number of hydrogen-bond acceptors (Lipinski definition) is 0. The smallest absolute Gasteiger partial charge is 0.00230 e. The van der Waals surface area contributed by atoms with Gasteiger partial charge in [-0.1, -0.05) is 105 Å². The summed E-state index contributed by atoms with van der Waals surface area (Å²) in [6.07, 6.45) is 8.53. The molecule has 0 amide bonds. The summed E-state index contributed by atoms with van der Waals surface area (Å²) in [5.41, 5.74) is 8.61. The molecule has 0 aliphatic heterocycles. The van der Waals surface area contributed by atoms with Crippen molar-refractivity contribution >= 4 is 0 Å². The van der Waals surface area contributed by atoms with Crippen LogP contribution in [-0.2, 0) is 19.3 Å². The molecule has 0 aromatic heterocycles. The minimum atomic E-state index is 1.02. The van der Waals surface area contributed by atoms with Gasteiger partial charge in [0, 0.05) is 0 Å². The van der Waals surface area contributed by atoms with Gasteiger partial charge in [0.15, 0.2) is 0 Å². The van der Waals surface area contributed by atoms with Gasteiger partial charge in [0.05, 0.1) is 0 Å². The van der Waals surface area contributed by atoms with Crippen LogP contribution in [0.25, 0.3) is 0 Å². The van der Waals surface area contributed by atoms with E-state index < -0.39 is 0 Å². The standard InChI is InChI=1S/C27H32/c1-3-4-5-9-15-26-21-25(19-24-14-10-11-22(2)18-24)16-17-27(26)20-23-12-7-6-8-13-23/h6-8,10-14,16-18,21H,3-5,9,15,19-20H2,1-2H3. The van der Waals surface area contributed by atoms with Gasteiger partial charge >= 0.3 is 0 Å². The molecule has 0 unspecified atom stereocenters. The lowest BCUT2D eigenvalue weighted by Crippen LogP contribution is -1.99. The van der Waals surface area contributed by atoms with Gasteiger partial charge < -0.3 is 0 Å². The Hall–Kier alpha value is -2.34. The van der Waals surface area contributed by atoms with Gasteiger partial charge in [-0.25, -0.2) is 0 Å². The highest BCUT2D eigenvalue weighted by Crippen LogP contribution is 2.21. The van der Waals surface area contributed by atoms with E-state index in [-0.39, 0.29) is 0 Å². The first-order valence-corrected chi connectivity index (χ1v) is 10.4. The molecule has 0 nitrogen and oxygen atoms in total. The van der Waals surface area contributed by atoms with Gasteiger partial charge in [-0.3, -0.25) is 0 Å². The summed E-state index contributed by atoms with van der Waals surface area (Å²) in [6.45, 7) is 4.45. The molecular formula is C27H32. The van der Waals surface area contributed by atoms with Gasteiger partial charge in [0.25, 0.3) is 0 Å². The second kappa shape index (κ2) is 10.1. The third-order valence-corrected chi connectivity index (χ3v) is 5.30. The Morgan fingerprint density at radius 2 is 1.37 bits per heavy atom. The molecule has 140 valence electrons. The summed E-state index contributed by atoms with van der Waals surface area (Å²) in [4.78, 5) is 0. The monoisotopic (exact) mass is 356 g/mol. The van der Waals surface area contributed by atoms with Crippen molar-refractivity contribution in [1.29, 1.82) is 0 Å². The van der Waals surface area contributed by atoms with Crippen LogP contribution in [0, 0.1) is 6.92 Å². The van der Waals surface area contributed by atoms with Crippen molar-refractivity contribution in [3.63, 3.8) is 0 Å². The van der Waals surface area contributed by atoms with E-state index in [0.717, 1.165) is 12.8 Å². The molecule has 0 fully saturated rings. The lowest BCUT2D eigenvalue weighted by atomic mass is 9.92. The average molecular weight is 357 g/mol. The number of rotatable bonds is 9. The van der Waals surface area contributed by atoms with Gasteiger partial charge in [0.1, 0.15) is 0 Å². The van der Waals surface area contributed by atoms with Gasteiger partial charge in [-0.15, -0.1) is 0 Å². The maximum absolute atomic E-state index is 2.46. The first kappa shape index (κ1) is 19.4. The molecular weight excluding hydrogens is 324 g/mol. The fraction of sp³-hybridized carbons (Fsp3) is 0.333. The highest BCUT2D eigenvalue weighted by atomic mass is 14.1. The van der Waals surface area contributed by atoms with Crippen LogP contribution < -0.4 is 0 Å². The minimum Gasteiger partial charge on any atom is -0.0654 e. The lowest BCUT2D eigenvalue weighted by molar-refractivity contribution is 0.665. The van der Waals surface area contributed by atoms with E-state index >= 15 is 0 Å². The van der Waals surface area contributed by atoms with Crippen LogP contribution in [0.3, 0.4) is 0 Å². The van der Waals surface area contributed by atoms with E-state index in [1.54, 1.807) is 5.56 Å². The summed E-state index contributed by atoms with van der Waals surface area (Å²) in [5, 5.41) is 0. The molecule has 0 N–H and O–H groups in total.